The molecule has 0 saturated heterocycles. The molecule has 0 radical (unpaired) electrons. The SMILES string of the molecule is Cc1ccc(O)c(C(=O)Nc2ccc(NS(C)(=O)=O)cc2)c1. The van der Waals surface area contributed by atoms with E-state index in [-0.39, 0.29) is 11.3 Å². The Labute approximate surface area is 128 Å². The van der Waals surface area contributed by atoms with Gasteiger partial charge in [0.1, 0.15) is 5.75 Å². The average Bonchev–Trinajstić information content (AvgIpc) is 2.42. The lowest BCUT2D eigenvalue weighted by molar-refractivity contribution is 0.102. The fraction of sp³-hybridized carbons (Fsp3) is 0.133. The number of carbonyl (C=O) groups excluding carboxylic acids is 1. The Morgan fingerprint density at radius 3 is 2.23 bits per heavy atom. The molecule has 0 aliphatic rings. The summed E-state index contributed by atoms with van der Waals surface area (Å²) in [4.78, 5) is 12.1. The van der Waals surface area contributed by atoms with E-state index in [1.165, 1.54) is 18.2 Å². The van der Waals surface area contributed by atoms with Crippen molar-refractivity contribution < 1.29 is 18.3 Å². The number of hydrogen-bond acceptors (Lipinski definition) is 4. The fourth-order valence-corrected chi connectivity index (χ4v) is 2.43. The lowest BCUT2D eigenvalue weighted by Crippen LogP contribution is -2.13. The van der Waals surface area contributed by atoms with Gasteiger partial charge in [-0.25, -0.2) is 8.42 Å². The Morgan fingerprint density at radius 2 is 1.64 bits per heavy atom. The van der Waals surface area contributed by atoms with Gasteiger partial charge in [0.15, 0.2) is 0 Å². The monoisotopic (exact) mass is 320 g/mol. The summed E-state index contributed by atoms with van der Waals surface area (Å²) < 4.78 is 24.5. The van der Waals surface area contributed by atoms with Crippen LogP contribution in [0.2, 0.25) is 0 Å². The van der Waals surface area contributed by atoms with Crippen molar-refractivity contribution in [3.63, 3.8) is 0 Å². The summed E-state index contributed by atoms with van der Waals surface area (Å²) in [5, 5.41) is 12.4. The maximum Gasteiger partial charge on any atom is 0.259 e. The van der Waals surface area contributed by atoms with Crippen molar-refractivity contribution in [2.75, 3.05) is 16.3 Å². The van der Waals surface area contributed by atoms with Crippen molar-refractivity contribution >= 4 is 27.3 Å². The van der Waals surface area contributed by atoms with Crippen LogP contribution in [0.3, 0.4) is 0 Å². The molecule has 116 valence electrons. The summed E-state index contributed by atoms with van der Waals surface area (Å²) in [6.45, 7) is 1.82. The maximum atomic E-state index is 12.1. The first-order chi connectivity index (χ1) is 10.2. The minimum Gasteiger partial charge on any atom is -0.507 e. The molecule has 2 rings (SSSR count). The summed E-state index contributed by atoms with van der Waals surface area (Å²) in [6.07, 6.45) is 1.06. The van der Waals surface area contributed by atoms with E-state index < -0.39 is 15.9 Å². The standard InChI is InChI=1S/C15H16N2O4S/c1-10-3-8-14(18)13(9-10)15(19)16-11-4-6-12(7-5-11)17-22(2,20)21/h3-9,17-18H,1-2H3,(H,16,19). The quantitative estimate of drug-likeness (QED) is 0.805. The molecule has 22 heavy (non-hydrogen) atoms. The molecule has 0 unspecified atom stereocenters. The Morgan fingerprint density at radius 1 is 1.05 bits per heavy atom. The molecule has 0 aliphatic carbocycles. The Kier molecular flexibility index (Phi) is 4.37. The highest BCUT2D eigenvalue weighted by atomic mass is 32.2. The van der Waals surface area contributed by atoms with E-state index in [9.17, 15) is 18.3 Å². The van der Waals surface area contributed by atoms with Gasteiger partial charge in [0.2, 0.25) is 10.0 Å². The van der Waals surface area contributed by atoms with E-state index in [0.29, 0.717) is 11.4 Å². The van der Waals surface area contributed by atoms with Crippen molar-refractivity contribution in [2.24, 2.45) is 0 Å². The topological polar surface area (TPSA) is 95.5 Å². The van der Waals surface area contributed by atoms with Gasteiger partial charge < -0.3 is 10.4 Å². The van der Waals surface area contributed by atoms with Gasteiger partial charge in [-0.2, -0.15) is 0 Å². The first-order valence-electron chi connectivity index (χ1n) is 6.43. The van der Waals surface area contributed by atoms with Crippen LogP contribution in [0.4, 0.5) is 11.4 Å². The van der Waals surface area contributed by atoms with Crippen molar-refractivity contribution in [3.8, 4) is 5.75 Å². The van der Waals surface area contributed by atoms with Crippen molar-refractivity contribution in [1.82, 2.24) is 0 Å². The second-order valence-electron chi connectivity index (χ2n) is 4.93. The molecule has 0 fully saturated rings. The van der Waals surface area contributed by atoms with Gasteiger partial charge in [-0.05, 0) is 43.3 Å². The first-order valence-corrected chi connectivity index (χ1v) is 8.32. The number of benzene rings is 2. The number of rotatable bonds is 4. The zero-order valence-corrected chi connectivity index (χ0v) is 12.9. The van der Waals surface area contributed by atoms with Gasteiger partial charge in [-0.3, -0.25) is 9.52 Å². The molecular formula is C15H16N2O4S. The number of aryl methyl sites for hydroxylation is 1. The first kappa shape index (κ1) is 15.8. The van der Waals surface area contributed by atoms with Crippen molar-refractivity contribution in [3.05, 3.63) is 53.6 Å². The number of hydrogen-bond donors (Lipinski definition) is 3. The Bertz CT molecular complexity index is 799. The number of phenolic OH excluding ortho intramolecular Hbond substituents is 1. The largest absolute Gasteiger partial charge is 0.507 e. The Hall–Kier alpha value is -2.54. The van der Waals surface area contributed by atoms with Crippen LogP contribution in [0.1, 0.15) is 15.9 Å². The zero-order chi connectivity index (χ0) is 16.3. The van der Waals surface area contributed by atoms with E-state index in [1.807, 2.05) is 6.92 Å². The van der Waals surface area contributed by atoms with Crippen LogP contribution >= 0.6 is 0 Å². The summed E-state index contributed by atoms with van der Waals surface area (Å²) >= 11 is 0. The summed E-state index contributed by atoms with van der Waals surface area (Å²) in [5.41, 5.74) is 1.93. The molecule has 0 atom stereocenters. The molecule has 0 bridgehead atoms. The average molecular weight is 320 g/mol. The second kappa shape index (κ2) is 6.07. The molecule has 2 aromatic rings. The van der Waals surface area contributed by atoms with E-state index >= 15 is 0 Å². The molecule has 6 nitrogen and oxygen atoms in total. The third kappa shape index (κ3) is 4.23. The van der Waals surface area contributed by atoms with Crippen molar-refractivity contribution in [2.45, 2.75) is 6.92 Å². The van der Waals surface area contributed by atoms with Crippen LogP contribution in [0.5, 0.6) is 5.75 Å². The summed E-state index contributed by atoms with van der Waals surface area (Å²) in [6, 6.07) is 11.0. The van der Waals surface area contributed by atoms with Gasteiger partial charge >= 0.3 is 0 Å². The van der Waals surface area contributed by atoms with Crippen molar-refractivity contribution in [1.29, 1.82) is 0 Å². The molecule has 1 amide bonds. The van der Waals surface area contributed by atoms with Gasteiger partial charge in [0.05, 0.1) is 11.8 Å². The number of nitrogens with one attached hydrogen (secondary N) is 2. The van der Waals surface area contributed by atoms with Gasteiger partial charge in [-0.1, -0.05) is 11.6 Å². The number of aromatic hydroxyl groups is 1. The van der Waals surface area contributed by atoms with Gasteiger partial charge in [0.25, 0.3) is 5.91 Å². The smallest absolute Gasteiger partial charge is 0.259 e. The van der Waals surface area contributed by atoms with E-state index in [0.717, 1.165) is 11.8 Å². The van der Waals surface area contributed by atoms with E-state index in [4.69, 9.17) is 0 Å². The van der Waals surface area contributed by atoms with Crippen LogP contribution < -0.4 is 10.0 Å². The number of sulfonamides is 1. The van der Waals surface area contributed by atoms with Gasteiger partial charge in [-0.15, -0.1) is 0 Å². The molecule has 7 heteroatoms. The lowest BCUT2D eigenvalue weighted by Gasteiger charge is -2.09. The van der Waals surface area contributed by atoms with Gasteiger partial charge in [0, 0.05) is 11.4 Å². The number of amides is 1. The maximum absolute atomic E-state index is 12.1. The highest BCUT2D eigenvalue weighted by Crippen LogP contribution is 2.21. The molecule has 0 heterocycles. The Balaban J connectivity index is 2.14. The molecule has 0 spiro atoms. The van der Waals surface area contributed by atoms with Crippen LogP contribution in [0.15, 0.2) is 42.5 Å². The highest BCUT2D eigenvalue weighted by molar-refractivity contribution is 7.92. The van der Waals surface area contributed by atoms with E-state index in [1.54, 1.807) is 24.3 Å². The van der Waals surface area contributed by atoms with Crippen LogP contribution in [-0.4, -0.2) is 25.7 Å². The molecule has 0 aromatic heterocycles. The second-order valence-corrected chi connectivity index (χ2v) is 6.67. The van der Waals surface area contributed by atoms with Crippen LogP contribution in [0.25, 0.3) is 0 Å². The van der Waals surface area contributed by atoms with Crippen LogP contribution in [-0.2, 0) is 10.0 Å². The minimum atomic E-state index is -3.34. The molecule has 3 N–H and O–H groups in total. The predicted octanol–water partition coefficient (Wildman–Crippen LogP) is 2.32. The summed E-state index contributed by atoms with van der Waals surface area (Å²) in [7, 11) is -3.34. The third-order valence-corrected chi connectivity index (χ3v) is 3.45. The molecule has 2 aromatic carbocycles. The number of carbonyl (C=O) groups is 1. The normalized spacial score (nSPS) is 11.0. The highest BCUT2D eigenvalue weighted by Gasteiger charge is 2.11. The summed E-state index contributed by atoms with van der Waals surface area (Å²) in [5.74, 6) is -0.538. The molecule has 0 saturated carbocycles. The fourth-order valence-electron chi connectivity index (χ4n) is 1.87. The molecular weight excluding hydrogens is 304 g/mol. The zero-order valence-electron chi connectivity index (χ0n) is 12.1. The predicted molar refractivity (Wildman–Crippen MR) is 85.7 cm³/mol. The number of phenols is 1. The minimum absolute atomic E-state index is 0.0986. The lowest BCUT2D eigenvalue weighted by atomic mass is 10.1. The number of anilines is 2. The van der Waals surface area contributed by atoms with E-state index in [2.05, 4.69) is 10.0 Å². The van der Waals surface area contributed by atoms with Crippen LogP contribution in [0, 0.1) is 6.92 Å². The molecule has 0 aliphatic heterocycles. The third-order valence-electron chi connectivity index (χ3n) is 2.84.